The summed E-state index contributed by atoms with van der Waals surface area (Å²) in [5.41, 5.74) is 6.25. The molecule has 3 aromatic carbocycles. The Balaban J connectivity index is 1.30. The molecule has 41 heavy (non-hydrogen) atoms. The summed E-state index contributed by atoms with van der Waals surface area (Å²) < 4.78 is 2.37. The monoisotopic (exact) mass is 544 g/mol. The first-order chi connectivity index (χ1) is 20.1. The van der Waals surface area contributed by atoms with Crippen LogP contribution in [0.5, 0.6) is 0 Å². The van der Waals surface area contributed by atoms with Gasteiger partial charge in [0.25, 0.3) is 5.91 Å². The molecule has 5 aromatic rings. The molecule has 1 amide bonds. The molecule has 3 heterocycles. The Morgan fingerprint density at radius 2 is 1.59 bits per heavy atom. The summed E-state index contributed by atoms with van der Waals surface area (Å²) >= 11 is 0. The lowest BCUT2D eigenvalue weighted by atomic mass is 9.94. The van der Waals surface area contributed by atoms with Crippen molar-refractivity contribution in [1.29, 1.82) is 0 Å². The fourth-order valence-corrected chi connectivity index (χ4v) is 6.61. The molecule has 1 saturated heterocycles. The molecular formula is C34H32N4O3. The zero-order valence-corrected chi connectivity index (χ0v) is 22.9. The van der Waals surface area contributed by atoms with E-state index in [1.54, 1.807) is 0 Å². The van der Waals surface area contributed by atoms with E-state index < -0.39 is 12.0 Å². The number of nitrogens with zero attached hydrogens (tertiary/aromatic N) is 4. The highest BCUT2D eigenvalue weighted by Gasteiger charge is 2.34. The molecule has 1 saturated carbocycles. The number of benzene rings is 3. The number of amides is 1. The Bertz CT molecular complexity index is 1770. The van der Waals surface area contributed by atoms with Gasteiger partial charge in [-0.2, -0.15) is 0 Å². The Hall–Kier alpha value is -4.52. The summed E-state index contributed by atoms with van der Waals surface area (Å²) in [6, 6.07) is 25.9. The molecule has 1 unspecified atom stereocenters. The number of pyridine rings is 1. The van der Waals surface area contributed by atoms with E-state index in [1.807, 2.05) is 36.4 Å². The summed E-state index contributed by atoms with van der Waals surface area (Å²) in [7, 11) is 0. The van der Waals surface area contributed by atoms with Crippen molar-refractivity contribution in [2.75, 3.05) is 6.54 Å². The van der Waals surface area contributed by atoms with Gasteiger partial charge < -0.3 is 14.6 Å². The quantitative estimate of drug-likeness (QED) is 0.255. The zero-order valence-electron chi connectivity index (χ0n) is 22.9. The maximum absolute atomic E-state index is 13.4. The summed E-state index contributed by atoms with van der Waals surface area (Å²) in [6.07, 6.45) is 7.03. The van der Waals surface area contributed by atoms with Gasteiger partial charge in [-0.05, 0) is 68.1 Å². The molecule has 7 nitrogen and oxygen atoms in total. The molecule has 1 atom stereocenters. The van der Waals surface area contributed by atoms with Crippen molar-refractivity contribution in [2.45, 2.75) is 57.0 Å². The molecule has 2 fully saturated rings. The van der Waals surface area contributed by atoms with Gasteiger partial charge >= 0.3 is 5.97 Å². The van der Waals surface area contributed by atoms with Crippen LogP contribution in [0, 0.1) is 0 Å². The molecule has 0 radical (unpaired) electrons. The van der Waals surface area contributed by atoms with E-state index in [2.05, 4.69) is 47.0 Å². The van der Waals surface area contributed by atoms with Crippen LogP contribution in [0.2, 0.25) is 0 Å². The number of aromatic nitrogens is 3. The number of aliphatic carboxylic acids is 1. The number of rotatable bonds is 5. The molecule has 0 bridgehead atoms. The summed E-state index contributed by atoms with van der Waals surface area (Å²) in [5.74, 6) is -0.283. The number of fused-ring (bicyclic) bond motifs is 2. The Morgan fingerprint density at radius 3 is 2.39 bits per heavy atom. The van der Waals surface area contributed by atoms with E-state index in [-0.39, 0.29) is 5.91 Å². The smallest absolute Gasteiger partial charge is 0.326 e. The minimum absolute atomic E-state index is 0.239. The Morgan fingerprint density at radius 1 is 0.756 bits per heavy atom. The number of likely N-dealkylation sites (tertiary alicyclic amines) is 1. The predicted molar refractivity (Wildman–Crippen MR) is 160 cm³/mol. The minimum atomic E-state index is -0.942. The third-order valence-electron chi connectivity index (χ3n) is 8.69. The average Bonchev–Trinajstić information content (AvgIpc) is 3.66. The molecule has 7 rings (SSSR count). The van der Waals surface area contributed by atoms with E-state index in [9.17, 15) is 14.7 Å². The van der Waals surface area contributed by atoms with Gasteiger partial charge in [0.2, 0.25) is 0 Å². The van der Waals surface area contributed by atoms with Crippen LogP contribution in [-0.4, -0.2) is 49.0 Å². The van der Waals surface area contributed by atoms with Crippen molar-refractivity contribution in [3.05, 3.63) is 84.4 Å². The summed E-state index contributed by atoms with van der Waals surface area (Å²) in [6.45, 7) is 0.465. The molecule has 7 heteroatoms. The number of carbonyl (C=O) groups is 2. The largest absolute Gasteiger partial charge is 0.480 e. The van der Waals surface area contributed by atoms with Gasteiger partial charge in [0, 0.05) is 34.7 Å². The van der Waals surface area contributed by atoms with Crippen LogP contribution in [0.1, 0.15) is 61.3 Å². The first-order valence-corrected chi connectivity index (χ1v) is 14.6. The third-order valence-corrected chi connectivity index (χ3v) is 8.69. The van der Waals surface area contributed by atoms with Crippen LogP contribution in [-0.2, 0) is 4.79 Å². The second-order valence-electron chi connectivity index (χ2n) is 11.3. The maximum Gasteiger partial charge on any atom is 0.326 e. The summed E-state index contributed by atoms with van der Waals surface area (Å²) in [4.78, 5) is 36.6. The third kappa shape index (κ3) is 4.65. The van der Waals surface area contributed by atoms with Gasteiger partial charge in [-0.3, -0.25) is 4.79 Å². The van der Waals surface area contributed by atoms with Crippen LogP contribution in [0.4, 0.5) is 0 Å². The topological polar surface area (TPSA) is 88.3 Å². The van der Waals surface area contributed by atoms with Gasteiger partial charge in [-0.15, -0.1) is 0 Å². The number of carboxylic acids is 1. The highest BCUT2D eigenvalue weighted by atomic mass is 16.4. The number of imidazole rings is 1. The van der Waals surface area contributed by atoms with Crippen molar-refractivity contribution >= 4 is 33.8 Å². The number of hydrogen-bond donors (Lipinski definition) is 1. The lowest BCUT2D eigenvalue weighted by Crippen LogP contribution is -2.40. The Kier molecular flexibility index (Phi) is 6.50. The van der Waals surface area contributed by atoms with Crippen LogP contribution in [0.3, 0.4) is 0 Å². The lowest BCUT2D eigenvalue weighted by molar-refractivity contribution is -0.141. The van der Waals surface area contributed by atoms with Gasteiger partial charge in [-0.1, -0.05) is 55.7 Å². The predicted octanol–water partition coefficient (Wildman–Crippen LogP) is 7.11. The fraction of sp³-hybridized carbons (Fsp3) is 0.294. The molecule has 1 aliphatic heterocycles. The minimum Gasteiger partial charge on any atom is -0.480 e. The van der Waals surface area contributed by atoms with E-state index in [0.29, 0.717) is 31.0 Å². The maximum atomic E-state index is 13.4. The van der Waals surface area contributed by atoms with Crippen LogP contribution < -0.4 is 0 Å². The molecule has 2 aromatic heterocycles. The standard InChI is InChI=1S/C34H32N4O3/c39-33(37-19-7-12-31(37)34(40)41)25-15-18-30-29(21-25)36-32(38(30)26-10-5-2-6-11-26)24-14-17-28-23(20-24)13-16-27(35-28)22-8-3-1-4-9-22/h1,3-4,8-9,13-18,20-21,26,31H,2,5-7,10-12,19H2,(H,40,41). The number of carboxylic acid groups (broad SMARTS) is 1. The molecule has 2 aliphatic rings. The van der Waals surface area contributed by atoms with E-state index in [1.165, 1.54) is 24.2 Å². The zero-order chi connectivity index (χ0) is 27.9. The first-order valence-electron chi connectivity index (χ1n) is 14.6. The molecule has 1 aliphatic carbocycles. The van der Waals surface area contributed by atoms with Gasteiger partial charge in [0.15, 0.2) is 0 Å². The molecule has 0 spiro atoms. The molecule has 1 N–H and O–H groups in total. The Labute approximate surface area is 238 Å². The number of hydrogen-bond acceptors (Lipinski definition) is 4. The van der Waals surface area contributed by atoms with Crippen molar-refractivity contribution in [3.8, 4) is 22.6 Å². The van der Waals surface area contributed by atoms with Gasteiger partial charge in [0.05, 0.1) is 22.2 Å². The van der Waals surface area contributed by atoms with Crippen LogP contribution in [0.25, 0.3) is 44.6 Å². The second kappa shape index (κ2) is 10.5. The first kappa shape index (κ1) is 25.4. The molecular weight excluding hydrogens is 512 g/mol. The normalized spacial score (nSPS) is 17.9. The molecule has 206 valence electrons. The van der Waals surface area contributed by atoms with Crippen molar-refractivity contribution in [1.82, 2.24) is 19.4 Å². The van der Waals surface area contributed by atoms with E-state index >= 15 is 0 Å². The second-order valence-corrected chi connectivity index (χ2v) is 11.3. The highest BCUT2D eigenvalue weighted by Crippen LogP contribution is 2.37. The highest BCUT2D eigenvalue weighted by molar-refractivity contribution is 6.00. The van der Waals surface area contributed by atoms with Crippen molar-refractivity contribution in [3.63, 3.8) is 0 Å². The van der Waals surface area contributed by atoms with Crippen molar-refractivity contribution in [2.24, 2.45) is 0 Å². The lowest BCUT2D eigenvalue weighted by Gasteiger charge is -2.26. The van der Waals surface area contributed by atoms with E-state index in [0.717, 1.165) is 57.4 Å². The van der Waals surface area contributed by atoms with Gasteiger partial charge in [-0.25, -0.2) is 14.8 Å². The van der Waals surface area contributed by atoms with Crippen LogP contribution in [0.15, 0.2) is 78.9 Å². The SMILES string of the molecule is O=C(O)C1CCCN1C(=O)c1ccc2c(c1)nc(-c1ccc3nc(-c4ccccc4)ccc3c1)n2C1CCCCC1. The number of carbonyl (C=O) groups excluding carboxylic acids is 1. The van der Waals surface area contributed by atoms with E-state index in [4.69, 9.17) is 9.97 Å². The fourth-order valence-electron chi connectivity index (χ4n) is 6.61. The van der Waals surface area contributed by atoms with Gasteiger partial charge in [0.1, 0.15) is 11.9 Å². The summed E-state index contributed by atoms with van der Waals surface area (Å²) in [5, 5.41) is 10.6. The van der Waals surface area contributed by atoms with Crippen LogP contribution >= 0.6 is 0 Å². The average molecular weight is 545 g/mol. The van der Waals surface area contributed by atoms with Crippen molar-refractivity contribution < 1.29 is 14.7 Å².